The van der Waals surface area contributed by atoms with Gasteiger partial charge in [0, 0.05) is 18.3 Å². The third-order valence-corrected chi connectivity index (χ3v) is 4.53. The van der Waals surface area contributed by atoms with Gasteiger partial charge in [0.05, 0.1) is 16.2 Å². The molecular formula is C14H12F3N3O3S. The third kappa shape index (κ3) is 3.48. The highest BCUT2D eigenvalue weighted by Gasteiger charge is 2.46. The first-order chi connectivity index (χ1) is 11.2. The third-order valence-electron chi connectivity index (χ3n) is 3.03. The molecular weight excluding hydrogens is 347 g/mol. The number of H-pyrrole nitrogens is 1. The summed E-state index contributed by atoms with van der Waals surface area (Å²) in [6.45, 7) is 3.54. The maximum atomic E-state index is 12.5. The van der Waals surface area contributed by atoms with E-state index in [1.165, 1.54) is 6.20 Å². The van der Waals surface area contributed by atoms with E-state index in [4.69, 9.17) is 0 Å². The second kappa shape index (κ2) is 6.48. The van der Waals surface area contributed by atoms with Gasteiger partial charge in [-0.2, -0.15) is 18.3 Å². The summed E-state index contributed by atoms with van der Waals surface area (Å²) in [5.74, 6) is -0.535. The van der Waals surface area contributed by atoms with Crippen LogP contribution in [0.3, 0.4) is 0 Å². The lowest BCUT2D eigenvalue weighted by Gasteiger charge is -2.09. The average Bonchev–Trinajstić information content (AvgIpc) is 2.95. The zero-order valence-corrected chi connectivity index (χ0v) is 12.9. The number of anilines is 1. The number of alkyl halides is 3. The number of halogens is 3. The summed E-state index contributed by atoms with van der Waals surface area (Å²) in [6, 6.07) is 3.70. The van der Waals surface area contributed by atoms with Crippen molar-refractivity contribution in [3.8, 4) is 0 Å². The summed E-state index contributed by atoms with van der Waals surface area (Å²) >= 11 is 0. The van der Waals surface area contributed by atoms with Gasteiger partial charge in [0.2, 0.25) is 0 Å². The Morgan fingerprint density at radius 1 is 1.29 bits per heavy atom. The van der Waals surface area contributed by atoms with Crippen LogP contribution in [0, 0.1) is 0 Å². The number of allylic oxidation sites excluding steroid dienone is 1. The summed E-state index contributed by atoms with van der Waals surface area (Å²) < 4.78 is 59.9. The molecule has 1 aromatic carbocycles. The van der Waals surface area contributed by atoms with Crippen LogP contribution in [0.1, 0.15) is 16.1 Å². The van der Waals surface area contributed by atoms with Crippen LogP contribution in [-0.2, 0) is 16.3 Å². The fraction of sp³-hybridized carbons (Fsp3) is 0.143. The van der Waals surface area contributed by atoms with E-state index < -0.39 is 26.1 Å². The Bertz CT molecular complexity index is 855. The van der Waals surface area contributed by atoms with E-state index in [0.717, 1.165) is 24.3 Å². The highest BCUT2D eigenvalue weighted by molar-refractivity contribution is 7.92. The second-order valence-electron chi connectivity index (χ2n) is 4.67. The first-order valence-corrected chi connectivity index (χ1v) is 8.01. The number of hydrogen-bond donors (Lipinski definition) is 2. The average molecular weight is 359 g/mol. The number of hydrogen-bond acceptors (Lipinski definition) is 4. The molecule has 1 heterocycles. The van der Waals surface area contributed by atoms with Crippen molar-refractivity contribution in [2.45, 2.75) is 16.8 Å². The van der Waals surface area contributed by atoms with Crippen LogP contribution in [-0.4, -0.2) is 30.0 Å². The van der Waals surface area contributed by atoms with Gasteiger partial charge in [-0.15, -0.1) is 6.58 Å². The molecule has 6 nitrogen and oxygen atoms in total. The standard InChI is InChI=1S/C14H12F3N3O3S/c1-2-3-12-11(8-18-20-12)13(21)19-9-4-6-10(7-5-9)24(22,23)14(15,16)17/h2,4-8H,1,3H2,(H,18,20)(H,19,21). The maximum Gasteiger partial charge on any atom is 0.501 e. The zero-order chi connectivity index (χ0) is 18.0. The molecule has 10 heteroatoms. The Kier molecular flexibility index (Phi) is 4.78. The van der Waals surface area contributed by atoms with Gasteiger partial charge in [-0.05, 0) is 24.3 Å². The van der Waals surface area contributed by atoms with Crippen molar-refractivity contribution in [2.24, 2.45) is 0 Å². The summed E-state index contributed by atoms with van der Waals surface area (Å²) in [7, 11) is -5.42. The van der Waals surface area contributed by atoms with Crippen LogP contribution in [0.5, 0.6) is 0 Å². The van der Waals surface area contributed by atoms with Gasteiger partial charge in [0.15, 0.2) is 0 Å². The maximum absolute atomic E-state index is 12.5. The molecule has 1 aromatic heterocycles. The number of rotatable bonds is 5. The number of carbonyl (C=O) groups excluding carboxylic acids is 1. The molecule has 0 saturated carbocycles. The van der Waals surface area contributed by atoms with Crippen molar-refractivity contribution in [1.82, 2.24) is 10.2 Å². The molecule has 0 aliphatic rings. The quantitative estimate of drug-likeness (QED) is 0.803. The highest BCUT2D eigenvalue weighted by Crippen LogP contribution is 2.30. The van der Waals surface area contributed by atoms with Crippen LogP contribution in [0.15, 0.2) is 48.0 Å². The summed E-state index contributed by atoms with van der Waals surface area (Å²) in [5.41, 5.74) is -4.53. The molecule has 1 amide bonds. The minimum Gasteiger partial charge on any atom is -0.322 e. The Hall–Kier alpha value is -2.62. The molecule has 2 aromatic rings. The van der Waals surface area contributed by atoms with E-state index >= 15 is 0 Å². The molecule has 0 spiro atoms. The topological polar surface area (TPSA) is 91.9 Å². The Labute approximate surface area is 135 Å². The SMILES string of the molecule is C=CCc1n[nH]cc1C(=O)Nc1ccc(S(=O)(=O)C(F)(F)F)cc1. The minimum absolute atomic E-state index is 0.145. The predicted octanol–water partition coefficient (Wildman–Crippen LogP) is 2.68. The van der Waals surface area contributed by atoms with Crippen LogP contribution in [0.25, 0.3) is 0 Å². The van der Waals surface area contributed by atoms with Gasteiger partial charge >= 0.3 is 5.51 Å². The molecule has 0 aliphatic carbocycles. The lowest BCUT2D eigenvalue weighted by Crippen LogP contribution is -2.23. The van der Waals surface area contributed by atoms with Crippen molar-refractivity contribution < 1.29 is 26.4 Å². The molecule has 2 rings (SSSR count). The van der Waals surface area contributed by atoms with Crippen molar-refractivity contribution in [3.05, 3.63) is 54.4 Å². The second-order valence-corrected chi connectivity index (χ2v) is 6.61. The number of aromatic amines is 1. The van der Waals surface area contributed by atoms with Gasteiger partial charge in [-0.3, -0.25) is 9.89 Å². The van der Waals surface area contributed by atoms with Gasteiger partial charge in [0.1, 0.15) is 0 Å². The van der Waals surface area contributed by atoms with Crippen LogP contribution < -0.4 is 5.32 Å². The van der Waals surface area contributed by atoms with Gasteiger partial charge < -0.3 is 5.32 Å². The number of sulfone groups is 1. The van der Waals surface area contributed by atoms with E-state index in [-0.39, 0.29) is 11.3 Å². The molecule has 0 saturated heterocycles. The molecule has 0 bridgehead atoms. The number of nitrogens with zero attached hydrogens (tertiary/aromatic N) is 1. The van der Waals surface area contributed by atoms with Crippen molar-refractivity contribution in [3.63, 3.8) is 0 Å². The molecule has 0 radical (unpaired) electrons. The lowest BCUT2D eigenvalue weighted by atomic mass is 10.2. The molecule has 24 heavy (non-hydrogen) atoms. The molecule has 128 valence electrons. The molecule has 0 aliphatic heterocycles. The molecule has 0 fully saturated rings. The van der Waals surface area contributed by atoms with Crippen LogP contribution >= 0.6 is 0 Å². The highest BCUT2D eigenvalue weighted by atomic mass is 32.2. The number of aromatic nitrogens is 2. The minimum atomic E-state index is -5.42. The zero-order valence-electron chi connectivity index (χ0n) is 12.1. The Balaban J connectivity index is 2.19. The first kappa shape index (κ1) is 17.7. The Morgan fingerprint density at radius 3 is 2.46 bits per heavy atom. The van der Waals surface area contributed by atoms with Crippen molar-refractivity contribution in [2.75, 3.05) is 5.32 Å². The predicted molar refractivity (Wildman–Crippen MR) is 80.1 cm³/mol. The van der Waals surface area contributed by atoms with Crippen molar-refractivity contribution in [1.29, 1.82) is 0 Å². The number of amides is 1. The van der Waals surface area contributed by atoms with E-state index in [0.29, 0.717) is 12.1 Å². The van der Waals surface area contributed by atoms with Crippen LogP contribution in [0.4, 0.5) is 18.9 Å². The molecule has 0 atom stereocenters. The largest absolute Gasteiger partial charge is 0.501 e. The van der Waals surface area contributed by atoms with Crippen molar-refractivity contribution >= 4 is 21.4 Å². The monoisotopic (exact) mass is 359 g/mol. The van der Waals surface area contributed by atoms with E-state index in [1.54, 1.807) is 6.08 Å². The van der Waals surface area contributed by atoms with Gasteiger partial charge in [0.25, 0.3) is 15.7 Å². The van der Waals surface area contributed by atoms with E-state index in [1.807, 2.05) is 0 Å². The summed E-state index contributed by atoms with van der Waals surface area (Å²) in [6.07, 6.45) is 3.29. The van der Waals surface area contributed by atoms with Crippen LogP contribution in [0.2, 0.25) is 0 Å². The fourth-order valence-electron chi connectivity index (χ4n) is 1.86. The fourth-order valence-corrected chi connectivity index (χ4v) is 2.62. The Morgan fingerprint density at radius 2 is 1.92 bits per heavy atom. The van der Waals surface area contributed by atoms with Gasteiger partial charge in [-0.1, -0.05) is 6.08 Å². The summed E-state index contributed by atoms with van der Waals surface area (Å²) in [4.78, 5) is 11.2. The van der Waals surface area contributed by atoms with E-state index in [9.17, 15) is 26.4 Å². The normalized spacial score (nSPS) is 12.0. The summed E-state index contributed by atoms with van der Waals surface area (Å²) in [5, 5.41) is 8.86. The lowest BCUT2D eigenvalue weighted by molar-refractivity contribution is -0.0436. The molecule has 0 unspecified atom stereocenters. The smallest absolute Gasteiger partial charge is 0.322 e. The number of benzene rings is 1. The number of nitrogens with one attached hydrogen (secondary N) is 2. The number of carbonyl (C=O) groups is 1. The van der Waals surface area contributed by atoms with Gasteiger partial charge in [-0.25, -0.2) is 8.42 Å². The van der Waals surface area contributed by atoms with E-state index in [2.05, 4.69) is 22.1 Å². The first-order valence-electron chi connectivity index (χ1n) is 6.53. The molecule has 2 N–H and O–H groups in total.